The predicted octanol–water partition coefficient (Wildman–Crippen LogP) is 4.15. The Morgan fingerprint density at radius 3 is 2.46 bits per heavy atom. The summed E-state index contributed by atoms with van der Waals surface area (Å²) in [5.41, 5.74) is 1.76. The highest BCUT2D eigenvalue weighted by Crippen LogP contribution is 2.33. The van der Waals surface area contributed by atoms with Gasteiger partial charge < -0.3 is 18.4 Å². The Hall–Kier alpha value is -2.94. The Kier molecular flexibility index (Phi) is 5.64. The van der Waals surface area contributed by atoms with E-state index in [1.165, 1.54) is 12.1 Å². The zero-order chi connectivity index (χ0) is 20.3. The van der Waals surface area contributed by atoms with Gasteiger partial charge in [0.05, 0.1) is 24.6 Å². The molecule has 0 spiro atoms. The van der Waals surface area contributed by atoms with Crippen LogP contribution in [0.15, 0.2) is 44.4 Å². The van der Waals surface area contributed by atoms with Crippen molar-refractivity contribution < 1.29 is 26.8 Å². The van der Waals surface area contributed by atoms with E-state index in [9.17, 15) is 8.42 Å². The molecule has 9 heteroatoms. The summed E-state index contributed by atoms with van der Waals surface area (Å²) >= 11 is 0. The summed E-state index contributed by atoms with van der Waals surface area (Å²) in [6, 6.07) is 7.83. The molecule has 2 heterocycles. The van der Waals surface area contributed by atoms with Crippen LogP contribution in [0, 0.1) is 13.8 Å². The van der Waals surface area contributed by atoms with Crippen LogP contribution in [-0.4, -0.2) is 26.8 Å². The molecule has 2 aromatic heterocycles. The molecule has 0 fully saturated rings. The van der Waals surface area contributed by atoms with E-state index < -0.39 is 10.0 Å². The number of aromatic nitrogens is 1. The van der Waals surface area contributed by atoms with E-state index in [0.29, 0.717) is 36.2 Å². The molecule has 150 valence electrons. The average molecular weight is 406 g/mol. The fourth-order valence-corrected chi connectivity index (χ4v) is 3.55. The molecule has 3 rings (SSSR count). The van der Waals surface area contributed by atoms with Crippen LogP contribution in [0.2, 0.25) is 0 Å². The van der Waals surface area contributed by atoms with E-state index in [4.69, 9.17) is 18.4 Å². The normalized spacial score (nSPS) is 11.4. The number of hydrogen-bond acceptors (Lipinski definition) is 7. The van der Waals surface area contributed by atoms with Crippen molar-refractivity contribution in [2.24, 2.45) is 0 Å². The lowest BCUT2D eigenvalue weighted by atomic mass is 10.2. The summed E-state index contributed by atoms with van der Waals surface area (Å²) in [5.74, 6) is 1.60. The van der Waals surface area contributed by atoms with E-state index >= 15 is 0 Å². The molecular weight excluding hydrogens is 384 g/mol. The molecule has 0 radical (unpaired) electrons. The first-order chi connectivity index (χ1) is 13.4. The standard InChI is InChI=1S/C19H22N2O6S/c1-5-24-14-7-8-16(25-6-2)15(11-14)21-28(22,23)18-10-9-17(26-18)19-12(3)13(4)20-27-19/h7-11,21H,5-6H2,1-4H3. The van der Waals surface area contributed by atoms with Crippen molar-refractivity contribution in [2.75, 3.05) is 17.9 Å². The molecule has 0 bridgehead atoms. The molecule has 28 heavy (non-hydrogen) atoms. The number of nitrogens with one attached hydrogen (secondary N) is 1. The van der Waals surface area contributed by atoms with Gasteiger partial charge in [0, 0.05) is 11.6 Å². The van der Waals surface area contributed by atoms with Crippen LogP contribution in [0.5, 0.6) is 11.5 Å². The molecular formula is C19H22N2O6S. The first-order valence-electron chi connectivity index (χ1n) is 8.81. The molecule has 0 unspecified atom stereocenters. The fraction of sp³-hybridized carbons (Fsp3) is 0.316. The lowest BCUT2D eigenvalue weighted by molar-refractivity contribution is 0.332. The average Bonchev–Trinajstić information content (AvgIpc) is 3.26. The van der Waals surface area contributed by atoms with Crippen LogP contribution in [0.25, 0.3) is 11.5 Å². The minimum absolute atomic E-state index is 0.250. The topological polar surface area (TPSA) is 104 Å². The van der Waals surface area contributed by atoms with E-state index in [1.54, 1.807) is 25.1 Å². The van der Waals surface area contributed by atoms with Gasteiger partial charge in [0.25, 0.3) is 10.0 Å². The molecule has 0 aliphatic rings. The number of sulfonamides is 1. The van der Waals surface area contributed by atoms with E-state index in [2.05, 4.69) is 9.88 Å². The lowest BCUT2D eigenvalue weighted by Gasteiger charge is -2.13. The van der Waals surface area contributed by atoms with E-state index in [-0.39, 0.29) is 16.5 Å². The van der Waals surface area contributed by atoms with Gasteiger partial charge in [-0.2, -0.15) is 8.42 Å². The second-order valence-electron chi connectivity index (χ2n) is 5.97. The quantitative estimate of drug-likeness (QED) is 0.599. The largest absolute Gasteiger partial charge is 0.494 e. The highest BCUT2D eigenvalue weighted by Gasteiger charge is 2.23. The minimum atomic E-state index is -3.99. The summed E-state index contributed by atoms with van der Waals surface area (Å²) in [5, 5.41) is 3.61. The van der Waals surface area contributed by atoms with E-state index in [0.717, 1.165) is 5.56 Å². The Labute approximate surface area is 163 Å². The lowest BCUT2D eigenvalue weighted by Crippen LogP contribution is -2.13. The number of benzene rings is 1. The Morgan fingerprint density at radius 2 is 1.82 bits per heavy atom. The van der Waals surface area contributed by atoms with Crippen LogP contribution < -0.4 is 14.2 Å². The molecule has 0 amide bonds. The van der Waals surface area contributed by atoms with Crippen LogP contribution in [-0.2, 0) is 10.0 Å². The number of ether oxygens (including phenoxy) is 2. The molecule has 1 aromatic carbocycles. The summed E-state index contributed by atoms with van der Waals surface area (Å²) in [6.07, 6.45) is 0. The number of nitrogens with zero attached hydrogens (tertiary/aromatic N) is 1. The highest BCUT2D eigenvalue weighted by molar-refractivity contribution is 7.92. The van der Waals surface area contributed by atoms with Crippen molar-refractivity contribution >= 4 is 15.7 Å². The molecule has 0 aliphatic heterocycles. The Morgan fingerprint density at radius 1 is 1.07 bits per heavy atom. The van der Waals surface area contributed by atoms with Crippen LogP contribution in [0.3, 0.4) is 0 Å². The third-order valence-electron chi connectivity index (χ3n) is 4.03. The van der Waals surface area contributed by atoms with Gasteiger partial charge in [-0.1, -0.05) is 5.16 Å². The monoisotopic (exact) mass is 406 g/mol. The second kappa shape index (κ2) is 7.97. The molecule has 0 atom stereocenters. The molecule has 8 nitrogen and oxygen atoms in total. The van der Waals surface area contributed by atoms with Crippen LogP contribution >= 0.6 is 0 Å². The van der Waals surface area contributed by atoms with Crippen molar-refractivity contribution in [2.45, 2.75) is 32.8 Å². The number of furan rings is 1. The Balaban J connectivity index is 1.92. The van der Waals surface area contributed by atoms with Gasteiger partial charge in [-0.3, -0.25) is 4.72 Å². The fourth-order valence-electron chi connectivity index (χ4n) is 2.55. The van der Waals surface area contributed by atoms with Gasteiger partial charge in [-0.25, -0.2) is 0 Å². The number of aryl methyl sites for hydroxylation is 1. The van der Waals surface area contributed by atoms with Crippen molar-refractivity contribution in [3.63, 3.8) is 0 Å². The van der Waals surface area contributed by atoms with Crippen LogP contribution in [0.4, 0.5) is 5.69 Å². The van der Waals surface area contributed by atoms with Gasteiger partial charge in [0.1, 0.15) is 11.5 Å². The van der Waals surface area contributed by atoms with Gasteiger partial charge in [0.2, 0.25) is 10.9 Å². The highest BCUT2D eigenvalue weighted by atomic mass is 32.2. The summed E-state index contributed by atoms with van der Waals surface area (Å²) < 4.78 is 49.8. The Bertz CT molecular complexity index is 1070. The molecule has 0 aliphatic carbocycles. The minimum Gasteiger partial charge on any atom is -0.494 e. The maximum atomic E-state index is 12.8. The van der Waals surface area contributed by atoms with Gasteiger partial charge in [-0.05, 0) is 52.0 Å². The van der Waals surface area contributed by atoms with Gasteiger partial charge in [0.15, 0.2) is 5.76 Å². The SMILES string of the molecule is CCOc1ccc(OCC)c(NS(=O)(=O)c2ccc(-c3onc(C)c3C)o2)c1. The van der Waals surface area contributed by atoms with E-state index in [1.807, 2.05) is 20.8 Å². The third-order valence-corrected chi connectivity index (χ3v) is 5.27. The number of hydrogen-bond donors (Lipinski definition) is 1. The van der Waals surface area contributed by atoms with Crippen molar-refractivity contribution in [1.29, 1.82) is 0 Å². The number of rotatable bonds is 8. The first-order valence-corrected chi connectivity index (χ1v) is 10.3. The predicted molar refractivity (Wildman–Crippen MR) is 103 cm³/mol. The maximum absolute atomic E-state index is 12.8. The molecule has 0 saturated heterocycles. The second-order valence-corrected chi connectivity index (χ2v) is 7.58. The zero-order valence-corrected chi connectivity index (χ0v) is 16.9. The summed E-state index contributed by atoms with van der Waals surface area (Å²) in [7, 11) is -3.99. The third kappa shape index (κ3) is 3.99. The summed E-state index contributed by atoms with van der Waals surface area (Å²) in [6.45, 7) is 8.12. The smallest absolute Gasteiger partial charge is 0.295 e. The van der Waals surface area contributed by atoms with Crippen molar-refractivity contribution in [3.8, 4) is 23.0 Å². The zero-order valence-electron chi connectivity index (χ0n) is 16.1. The molecule has 3 aromatic rings. The number of anilines is 1. The van der Waals surface area contributed by atoms with Gasteiger partial charge in [-0.15, -0.1) is 0 Å². The maximum Gasteiger partial charge on any atom is 0.295 e. The van der Waals surface area contributed by atoms with Crippen LogP contribution in [0.1, 0.15) is 25.1 Å². The van der Waals surface area contributed by atoms with Gasteiger partial charge >= 0.3 is 0 Å². The molecule has 0 saturated carbocycles. The van der Waals surface area contributed by atoms with Crippen molar-refractivity contribution in [1.82, 2.24) is 5.16 Å². The van der Waals surface area contributed by atoms with Crippen molar-refractivity contribution in [3.05, 3.63) is 41.6 Å². The first kappa shape index (κ1) is 19.8. The summed E-state index contributed by atoms with van der Waals surface area (Å²) in [4.78, 5) is 0. The molecule has 1 N–H and O–H groups in total.